The molecule has 16 heavy (non-hydrogen) atoms. The number of hydrogen-bond acceptors (Lipinski definition) is 4. The summed E-state index contributed by atoms with van der Waals surface area (Å²) in [7, 11) is 1.40. The Kier molecular flexibility index (Phi) is 3.87. The van der Waals surface area contributed by atoms with E-state index in [1.165, 1.54) is 7.05 Å². The van der Waals surface area contributed by atoms with Crippen LogP contribution in [0.15, 0.2) is 10.6 Å². The van der Waals surface area contributed by atoms with E-state index < -0.39 is 12.0 Å². The summed E-state index contributed by atoms with van der Waals surface area (Å²) in [6.45, 7) is 1.61. The second-order valence-electron chi connectivity index (χ2n) is 3.34. The van der Waals surface area contributed by atoms with Crippen molar-refractivity contribution < 1.29 is 19.2 Å². The Bertz CT molecular complexity index is 388. The number of aromatic nitrogens is 1. The molecule has 0 aliphatic heterocycles. The first kappa shape index (κ1) is 12.0. The second-order valence-corrected chi connectivity index (χ2v) is 3.34. The Labute approximate surface area is 92.0 Å². The van der Waals surface area contributed by atoms with Gasteiger partial charge in [-0.2, -0.15) is 0 Å². The summed E-state index contributed by atoms with van der Waals surface area (Å²) in [6.07, 6.45) is 0. The highest BCUT2D eigenvalue weighted by molar-refractivity contribution is 5.79. The van der Waals surface area contributed by atoms with E-state index >= 15 is 0 Å². The van der Waals surface area contributed by atoms with Gasteiger partial charge in [0, 0.05) is 13.1 Å². The third-order valence-corrected chi connectivity index (χ3v) is 1.81. The van der Waals surface area contributed by atoms with E-state index in [0.29, 0.717) is 5.76 Å². The van der Waals surface area contributed by atoms with E-state index in [1.54, 1.807) is 13.0 Å². The number of carbonyl (C=O) groups is 2. The van der Waals surface area contributed by atoms with Crippen LogP contribution in [-0.2, 0) is 11.3 Å². The maximum Gasteiger partial charge on any atom is 0.323 e. The van der Waals surface area contributed by atoms with Gasteiger partial charge < -0.3 is 19.8 Å². The number of urea groups is 1. The highest BCUT2D eigenvalue weighted by Crippen LogP contribution is 2.01. The molecular formula is C9H13N3O4. The molecule has 1 aromatic heterocycles. The number of carboxylic acid groups (broad SMARTS) is 1. The molecule has 0 bridgehead atoms. The van der Waals surface area contributed by atoms with Crippen molar-refractivity contribution in [1.29, 1.82) is 0 Å². The molecule has 0 saturated heterocycles. The maximum absolute atomic E-state index is 11.3. The van der Waals surface area contributed by atoms with Crippen molar-refractivity contribution in [2.45, 2.75) is 13.5 Å². The summed E-state index contributed by atoms with van der Waals surface area (Å²) in [5.74, 6) is -0.539. The van der Waals surface area contributed by atoms with Crippen molar-refractivity contribution in [1.82, 2.24) is 15.4 Å². The van der Waals surface area contributed by atoms with Gasteiger partial charge in [0.1, 0.15) is 6.54 Å². The number of carbonyl (C=O) groups excluding carboxylic acids is 1. The molecule has 0 unspecified atom stereocenters. The molecule has 0 aromatic carbocycles. The zero-order valence-corrected chi connectivity index (χ0v) is 9.06. The fourth-order valence-electron chi connectivity index (χ4n) is 1.07. The number of amides is 2. The van der Waals surface area contributed by atoms with Gasteiger partial charge in [0.05, 0.1) is 12.2 Å². The zero-order valence-electron chi connectivity index (χ0n) is 9.06. The quantitative estimate of drug-likeness (QED) is 0.766. The van der Waals surface area contributed by atoms with Gasteiger partial charge in [0.25, 0.3) is 0 Å². The minimum Gasteiger partial charge on any atom is -0.480 e. The Morgan fingerprint density at radius 2 is 2.31 bits per heavy atom. The molecule has 2 N–H and O–H groups in total. The SMILES string of the molecule is Cc1cc(CNC(=O)N(C)CC(=O)O)on1. The van der Waals surface area contributed by atoms with Gasteiger partial charge in [0.15, 0.2) is 5.76 Å². The molecule has 7 heteroatoms. The molecule has 0 fully saturated rings. The number of nitrogens with one attached hydrogen (secondary N) is 1. The van der Waals surface area contributed by atoms with Gasteiger partial charge in [-0.25, -0.2) is 4.79 Å². The molecule has 1 rings (SSSR count). The third kappa shape index (κ3) is 3.60. The molecule has 0 aliphatic rings. The summed E-state index contributed by atoms with van der Waals surface area (Å²) >= 11 is 0. The summed E-state index contributed by atoms with van der Waals surface area (Å²) < 4.78 is 4.88. The second kappa shape index (κ2) is 5.15. The van der Waals surface area contributed by atoms with Gasteiger partial charge in [-0.05, 0) is 6.92 Å². The number of likely N-dealkylation sites (N-methyl/N-ethyl adjacent to an activating group) is 1. The van der Waals surface area contributed by atoms with Crippen molar-refractivity contribution >= 4 is 12.0 Å². The van der Waals surface area contributed by atoms with Crippen LogP contribution in [0.2, 0.25) is 0 Å². The molecule has 1 aromatic rings. The lowest BCUT2D eigenvalue weighted by atomic mass is 10.4. The number of aliphatic carboxylic acids is 1. The van der Waals surface area contributed by atoms with Crippen molar-refractivity contribution in [3.63, 3.8) is 0 Å². The van der Waals surface area contributed by atoms with E-state index in [4.69, 9.17) is 9.63 Å². The normalized spacial score (nSPS) is 9.88. The highest BCUT2D eigenvalue weighted by atomic mass is 16.5. The van der Waals surface area contributed by atoms with Crippen LogP contribution in [0.3, 0.4) is 0 Å². The minimum atomic E-state index is -1.06. The van der Waals surface area contributed by atoms with Crippen LogP contribution >= 0.6 is 0 Å². The van der Waals surface area contributed by atoms with Crippen molar-refractivity contribution in [3.05, 3.63) is 17.5 Å². The number of nitrogens with zero attached hydrogens (tertiary/aromatic N) is 2. The molecule has 2 amide bonds. The number of aryl methyl sites for hydroxylation is 1. The predicted molar refractivity (Wildman–Crippen MR) is 53.7 cm³/mol. The summed E-state index contributed by atoms with van der Waals surface area (Å²) in [5.41, 5.74) is 0.725. The first-order valence-corrected chi connectivity index (χ1v) is 4.62. The Balaban J connectivity index is 2.37. The topological polar surface area (TPSA) is 95.7 Å². The number of hydrogen-bond donors (Lipinski definition) is 2. The van der Waals surface area contributed by atoms with Gasteiger partial charge in [-0.1, -0.05) is 5.16 Å². The Hall–Kier alpha value is -2.05. The van der Waals surface area contributed by atoms with Crippen LogP contribution in [-0.4, -0.2) is 40.8 Å². The first-order valence-electron chi connectivity index (χ1n) is 4.62. The van der Waals surface area contributed by atoms with E-state index in [2.05, 4.69) is 10.5 Å². The molecule has 0 atom stereocenters. The van der Waals surface area contributed by atoms with Crippen molar-refractivity contribution in [2.75, 3.05) is 13.6 Å². The lowest BCUT2D eigenvalue weighted by Crippen LogP contribution is -2.39. The fraction of sp³-hybridized carbons (Fsp3) is 0.444. The monoisotopic (exact) mass is 227 g/mol. The zero-order chi connectivity index (χ0) is 12.1. The van der Waals surface area contributed by atoms with E-state index in [9.17, 15) is 9.59 Å². The number of carboxylic acids is 1. The highest BCUT2D eigenvalue weighted by Gasteiger charge is 2.12. The Morgan fingerprint density at radius 3 is 2.81 bits per heavy atom. The maximum atomic E-state index is 11.3. The summed E-state index contributed by atoms with van der Waals surface area (Å²) in [5, 5.41) is 14.6. The van der Waals surface area contributed by atoms with Gasteiger partial charge in [-0.15, -0.1) is 0 Å². The van der Waals surface area contributed by atoms with Crippen LogP contribution in [0.25, 0.3) is 0 Å². The standard InChI is InChI=1S/C9H13N3O4/c1-6-3-7(16-11-6)4-10-9(15)12(2)5-8(13)14/h3H,4-5H2,1-2H3,(H,10,15)(H,13,14). The van der Waals surface area contributed by atoms with Gasteiger partial charge >= 0.3 is 12.0 Å². The average Bonchev–Trinajstić information content (AvgIpc) is 2.59. The van der Waals surface area contributed by atoms with Crippen LogP contribution in [0.5, 0.6) is 0 Å². The summed E-state index contributed by atoms with van der Waals surface area (Å²) in [4.78, 5) is 22.8. The molecule has 0 radical (unpaired) electrons. The number of rotatable bonds is 4. The summed E-state index contributed by atoms with van der Waals surface area (Å²) in [6, 6.07) is 1.22. The van der Waals surface area contributed by atoms with E-state index in [1.807, 2.05) is 0 Å². The predicted octanol–water partition coefficient (Wildman–Crippen LogP) is 0.209. The van der Waals surface area contributed by atoms with Gasteiger partial charge in [-0.3, -0.25) is 4.79 Å². The molecule has 88 valence electrons. The van der Waals surface area contributed by atoms with Crippen LogP contribution in [0, 0.1) is 6.92 Å². The lowest BCUT2D eigenvalue weighted by molar-refractivity contribution is -0.137. The van der Waals surface area contributed by atoms with E-state index in [0.717, 1.165) is 10.6 Å². The van der Waals surface area contributed by atoms with Crippen molar-refractivity contribution in [3.8, 4) is 0 Å². The van der Waals surface area contributed by atoms with Crippen LogP contribution in [0.1, 0.15) is 11.5 Å². The first-order chi connectivity index (χ1) is 7.49. The van der Waals surface area contributed by atoms with Gasteiger partial charge in [0.2, 0.25) is 0 Å². The largest absolute Gasteiger partial charge is 0.480 e. The average molecular weight is 227 g/mol. The van der Waals surface area contributed by atoms with Crippen LogP contribution in [0.4, 0.5) is 4.79 Å². The molecule has 0 saturated carbocycles. The van der Waals surface area contributed by atoms with Crippen LogP contribution < -0.4 is 5.32 Å². The molecule has 1 heterocycles. The van der Waals surface area contributed by atoms with E-state index in [-0.39, 0.29) is 13.1 Å². The molecule has 0 spiro atoms. The fourth-order valence-corrected chi connectivity index (χ4v) is 1.07. The minimum absolute atomic E-state index is 0.184. The third-order valence-electron chi connectivity index (χ3n) is 1.81. The smallest absolute Gasteiger partial charge is 0.323 e. The molecular weight excluding hydrogens is 214 g/mol. The molecule has 0 aliphatic carbocycles. The van der Waals surface area contributed by atoms with Crippen molar-refractivity contribution in [2.24, 2.45) is 0 Å². The Morgan fingerprint density at radius 1 is 1.62 bits per heavy atom. The lowest BCUT2D eigenvalue weighted by Gasteiger charge is -2.14. The molecule has 7 nitrogen and oxygen atoms in total.